The molecule has 0 saturated carbocycles. The summed E-state index contributed by atoms with van der Waals surface area (Å²) < 4.78 is 2.01. The van der Waals surface area contributed by atoms with Crippen LogP contribution in [-0.2, 0) is 0 Å². The highest BCUT2D eigenvalue weighted by Crippen LogP contribution is 2.21. The van der Waals surface area contributed by atoms with E-state index in [-0.39, 0.29) is 0 Å². The van der Waals surface area contributed by atoms with Crippen LogP contribution in [0.25, 0.3) is 5.65 Å². The molecule has 0 aromatic carbocycles. The first-order valence-electron chi connectivity index (χ1n) is 4.92. The highest BCUT2D eigenvalue weighted by molar-refractivity contribution is 7.99. The maximum atomic E-state index is 4.17. The lowest BCUT2D eigenvalue weighted by Crippen LogP contribution is -2.18. The normalized spacial score (nSPS) is 13.2. The number of pyridine rings is 1. The van der Waals surface area contributed by atoms with E-state index in [1.807, 2.05) is 35.8 Å². The largest absolute Gasteiger partial charge is 0.319 e. The van der Waals surface area contributed by atoms with Crippen molar-refractivity contribution in [3.63, 3.8) is 0 Å². The second-order valence-corrected chi connectivity index (χ2v) is 4.80. The molecule has 5 heteroatoms. The Kier molecular flexibility index (Phi) is 3.23. The molecule has 0 aliphatic carbocycles. The van der Waals surface area contributed by atoms with Crippen molar-refractivity contribution in [3.8, 4) is 0 Å². The summed E-state index contributed by atoms with van der Waals surface area (Å²) in [5.41, 5.74) is 0.900. The number of aromatic nitrogens is 3. The predicted molar refractivity (Wildman–Crippen MR) is 62.2 cm³/mol. The molecule has 0 aliphatic rings. The molecule has 0 radical (unpaired) electrons. The Morgan fingerprint density at radius 1 is 1.47 bits per heavy atom. The number of thioether (sulfide) groups is 1. The fraction of sp³-hybridized carbons (Fsp3) is 0.400. The summed E-state index contributed by atoms with van der Waals surface area (Å²) in [4.78, 5) is 0. The smallest absolute Gasteiger partial charge is 0.195 e. The summed E-state index contributed by atoms with van der Waals surface area (Å²) in [6.07, 6.45) is 1.99. The van der Waals surface area contributed by atoms with Crippen molar-refractivity contribution in [2.24, 2.45) is 0 Å². The molecule has 2 aromatic rings. The SMILES string of the molecule is CNCC(C)Sc1nnc2ccccn12. The van der Waals surface area contributed by atoms with Crippen LogP contribution in [-0.4, -0.2) is 33.4 Å². The maximum absolute atomic E-state index is 4.17. The van der Waals surface area contributed by atoms with Gasteiger partial charge < -0.3 is 5.32 Å². The van der Waals surface area contributed by atoms with Crippen LogP contribution in [0.3, 0.4) is 0 Å². The molecule has 0 saturated heterocycles. The fourth-order valence-corrected chi connectivity index (χ4v) is 2.37. The molecule has 0 amide bonds. The molecule has 2 heterocycles. The lowest BCUT2D eigenvalue weighted by molar-refractivity contribution is 0.779. The van der Waals surface area contributed by atoms with Crippen LogP contribution >= 0.6 is 11.8 Å². The first-order chi connectivity index (χ1) is 7.31. The zero-order chi connectivity index (χ0) is 10.7. The average Bonchev–Trinajstić information content (AvgIpc) is 2.62. The average molecular weight is 222 g/mol. The lowest BCUT2D eigenvalue weighted by atomic mass is 10.5. The van der Waals surface area contributed by atoms with Crippen LogP contribution in [0.5, 0.6) is 0 Å². The third-order valence-electron chi connectivity index (χ3n) is 2.08. The van der Waals surface area contributed by atoms with Crippen molar-refractivity contribution in [1.82, 2.24) is 19.9 Å². The highest BCUT2D eigenvalue weighted by Gasteiger charge is 2.09. The van der Waals surface area contributed by atoms with Gasteiger partial charge >= 0.3 is 0 Å². The fourth-order valence-electron chi connectivity index (χ4n) is 1.41. The Morgan fingerprint density at radius 2 is 2.33 bits per heavy atom. The minimum atomic E-state index is 0.489. The summed E-state index contributed by atoms with van der Waals surface area (Å²) in [6, 6.07) is 5.92. The first kappa shape index (κ1) is 10.4. The van der Waals surface area contributed by atoms with Crippen LogP contribution in [0, 0.1) is 0 Å². The molecule has 1 unspecified atom stereocenters. The zero-order valence-electron chi connectivity index (χ0n) is 8.84. The highest BCUT2D eigenvalue weighted by atomic mass is 32.2. The minimum Gasteiger partial charge on any atom is -0.319 e. The summed E-state index contributed by atoms with van der Waals surface area (Å²) >= 11 is 1.73. The van der Waals surface area contributed by atoms with Crippen molar-refractivity contribution < 1.29 is 0 Å². The second-order valence-electron chi connectivity index (χ2n) is 3.40. The van der Waals surface area contributed by atoms with E-state index >= 15 is 0 Å². The van der Waals surface area contributed by atoms with Gasteiger partial charge in [-0.15, -0.1) is 10.2 Å². The molecule has 1 N–H and O–H groups in total. The van der Waals surface area contributed by atoms with Gasteiger partial charge in [-0.05, 0) is 19.2 Å². The summed E-state index contributed by atoms with van der Waals surface area (Å²) in [5, 5.41) is 12.9. The van der Waals surface area contributed by atoms with Crippen molar-refractivity contribution in [1.29, 1.82) is 0 Å². The van der Waals surface area contributed by atoms with E-state index < -0.39 is 0 Å². The summed E-state index contributed by atoms with van der Waals surface area (Å²) in [6.45, 7) is 3.14. The monoisotopic (exact) mass is 222 g/mol. The zero-order valence-corrected chi connectivity index (χ0v) is 9.66. The second kappa shape index (κ2) is 4.63. The van der Waals surface area contributed by atoms with Crippen LogP contribution in [0.4, 0.5) is 0 Å². The van der Waals surface area contributed by atoms with Gasteiger partial charge in [-0.1, -0.05) is 24.8 Å². The molecular weight excluding hydrogens is 208 g/mol. The minimum absolute atomic E-state index is 0.489. The Morgan fingerprint density at radius 3 is 3.13 bits per heavy atom. The van der Waals surface area contributed by atoms with Crippen LogP contribution < -0.4 is 5.32 Å². The number of hydrogen-bond donors (Lipinski definition) is 1. The molecule has 0 bridgehead atoms. The molecular formula is C10H14N4S. The number of fused-ring (bicyclic) bond motifs is 1. The standard InChI is InChI=1S/C10H14N4S/c1-8(7-11-2)15-10-13-12-9-5-3-4-6-14(9)10/h3-6,8,11H,7H2,1-2H3. The third kappa shape index (κ3) is 2.30. The molecule has 80 valence electrons. The molecule has 0 aliphatic heterocycles. The Labute approximate surface area is 93.1 Å². The maximum Gasteiger partial charge on any atom is 0.195 e. The number of nitrogens with one attached hydrogen (secondary N) is 1. The van der Waals surface area contributed by atoms with Crippen molar-refractivity contribution in [3.05, 3.63) is 24.4 Å². The van der Waals surface area contributed by atoms with E-state index in [4.69, 9.17) is 0 Å². The van der Waals surface area contributed by atoms with Crippen molar-refractivity contribution in [2.75, 3.05) is 13.6 Å². The van der Waals surface area contributed by atoms with E-state index in [1.54, 1.807) is 11.8 Å². The first-order valence-corrected chi connectivity index (χ1v) is 5.80. The van der Waals surface area contributed by atoms with Gasteiger partial charge in [-0.2, -0.15) is 0 Å². The Balaban J connectivity index is 2.21. The van der Waals surface area contributed by atoms with E-state index in [9.17, 15) is 0 Å². The van der Waals surface area contributed by atoms with Gasteiger partial charge in [-0.25, -0.2) is 0 Å². The Hall–Kier alpha value is -1.07. The van der Waals surface area contributed by atoms with Gasteiger partial charge in [0.05, 0.1) is 0 Å². The van der Waals surface area contributed by atoms with Crippen molar-refractivity contribution >= 4 is 17.4 Å². The molecule has 0 spiro atoms. The summed E-state index contributed by atoms with van der Waals surface area (Å²) in [5.74, 6) is 0. The van der Waals surface area contributed by atoms with E-state index in [0.29, 0.717) is 5.25 Å². The summed E-state index contributed by atoms with van der Waals surface area (Å²) in [7, 11) is 1.96. The Bertz CT molecular complexity index is 440. The molecule has 4 nitrogen and oxygen atoms in total. The van der Waals surface area contributed by atoms with Gasteiger partial charge in [0.25, 0.3) is 0 Å². The molecule has 15 heavy (non-hydrogen) atoms. The van der Waals surface area contributed by atoms with Gasteiger partial charge in [0.15, 0.2) is 10.8 Å². The third-order valence-corrected chi connectivity index (χ3v) is 3.14. The number of nitrogens with zero attached hydrogens (tertiary/aromatic N) is 3. The quantitative estimate of drug-likeness (QED) is 0.795. The van der Waals surface area contributed by atoms with Gasteiger partial charge in [0, 0.05) is 18.0 Å². The van der Waals surface area contributed by atoms with E-state index in [1.165, 1.54) is 0 Å². The molecule has 1 atom stereocenters. The molecule has 2 rings (SSSR count). The van der Waals surface area contributed by atoms with E-state index in [2.05, 4.69) is 22.4 Å². The van der Waals surface area contributed by atoms with Crippen molar-refractivity contribution in [2.45, 2.75) is 17.3 Å². The lowest BCUT2D eigenvalue weighted by Gasteiger charge is -2.07. The topological polar surface area (TPSA) is 42.2 Å². The number of rotatable bonds is 4. The van der Waals surface area contributed by atoms with Gasteiger partial charge in [0.1, 0.15) is 0 Å². The van der Waals surface area contributed by atoms with Gasteiger partial charge in [0.2, 0.25) is 0 Å². The predicted octanol–water partition coefficient (Wildman–Crippen LogP) is 1.43. The van der Waals surface area contributed by atoms with Gasteiger partial charge in [-0.3, -0.25) is 4.40 Å². The molecule has 2 aromatic heterocycles. The van der Waals surface area contributed by atoms with E-state index in [0.717, 1.165) is 17.3 Å². The van der Waals surface area contributed by atoms with Crippen LogP contribution in [0.1, 0.15) is 6.92 Å². The van der Waals surface area contributed by atoms with Crippen LogP contribution in [0.2, 0.25) is 0 Å². The number of hydrogen-bond acceptors (Lipinski definition) is 4. The molecule has 0 fully saturated rings. The van der Waals surface area contributed by atoms with Crippen LogP contribution in [0.15, 0.2) is 29.6 Å².